The van der Waals surface area contributed by atoms with Crippen molar-refractivity contribution < 1.29 is 14.9 Å². The highest BCUT2D eigenvalue weighted by molar-refractivity contribution is 6.18. The summed E-state index contributed by atoms with van der Waals surface area (Å²) < 4.78 is 5.12. The van der Waals surface area contributed by atoms with E-state index in [1.54, 1.807) is 0 Å². The standard InChI is InChI=1S/C6H10Cl2O3/c7-1-3-5(9)6(10)4(2-8)11-3/h3-6,9-10H,1-2H2/t3-,4-,5-,6-/m1/s1. The van der Waals surface area contributed by atoms with Crippen LogP contribution in [0.1, 0.15) is 0 Å². The molecule has 0 aromatic heterocycles. The first-order valence-corrected chi connectivity index (χ1v) is 4.41. The van der Waals surface area contributed by atoms with E-state index in [9.17, 15) is 10.2 Å². The number of ether oxygens (including phenoxy) is 1. The maximum atomic E-state index is 9.24. The molecule has 1 aliphatic heterocycles. The van der Waals surface area contributed by atoms with Gasteiger partial charge < -0.3 is 14.9 Å². The lowest BCUT2D eigenvalue weighted by molar-refractivity contribution is 0.0318. The van der Waals surface area contributed by atoms with Crippen molar-refractivity contribution in [3.63, 3.8) is 0 Å². The van der Waals surface area contributed by atoms with Crippen molar-refractivity contribution in [1.82, 2.24) is 0 Å². The van der Waals surface area contributed by atoms with Crippen molar-refractivity contribution in [3.05, 3.63) is 0 Å². The van der Waals surface area contributed by atoms with Gasteiger partial charge in [0.25, 0.3) is 0 Å². The zero-order valence-electron chi connectivity index (χ0n) is 5.78. The summed E-state index contributed by atoms with van der Waals surface area (Å²) in [6, 6.07) is 0. The van der Waals surface area contributed by atoms with E-state index in [0.717, 1.165) is 0 Å². The topological polar surface area (TPSA) is 49.7 Å². The van der Waals surface area contributed by atoms with Crippen LogP contribution in [0.5, 0.6) is 0 Å². The maximum Gasteiger partial charge on any atom is 0.110 e. The van der Waals surface area contributed by atoms with Gasteiger partial charge in [0.2, 0.25) is 0 Å². The van der Waals surface area contributed by atoms with Gasteiger partial charge in [-0.3, -0.25) is 0 Å². The van der Waals surface area contributed by atoms with Gasteiger partial charge in [0, 0.05) is 0 Å². The van der Waals surface area contributed by atoms with E-state index >= 15 is 0 Å². The van der Waals surface area contributed by atoms with Gasteiger partial charge in [-0.1, -0.05) is 0 Å². The van der Waals surface area contributed by atoms with Gasteiger partial charge in [-0.15, -0.1) is 23.2 Å². The van der Waals surface area contributed by atoms with Crippen LogP contribution in [0.2, 0.25) is 0 Å². The summed E-state index contributed by atoms with van der Waals surface area (Å²) in [6.07, 6.45) is -2.79. The summed E-state index contributed by atoms with van der Waals surface area (Å²) in [5.41, 5.74) is 0. The first kappa shape index (κ1) is 9.55. The molecule has 5 heteroatoms. The minimum Gasteiger partial charge on any atom is -0.388 e. The minimum absolute atomic E-state index is 0.172. The predicted molar refractivity (Wildman–Crippen MR) is 42.1 cm³/mol. The molecule has 0 aliphatic carbocycles. The highest BCUT2D eigenvalue weighted by Crippen LogP contribution is 2.22. The fraction of sp³-hybridized carbons (Fsp3) is 1.00. The minimum atomic E-state index is -0.906. The summed E-state index contributed by atoms with van der Waals surface area (Å²) in [5.74, 6) is 0.344. The molecular formula is C6H10Cl2O3. The van der Waals surface area contributed by atoms with E-state index in [4.69, 9.17) is 27.9 Å². The zero-order chi connectivity index (χ0) is 8.43. The van der Waals surface area contributed by atoms with Crippen LogP contribution in [0.3, 0.4) is 0 Å². The molecule has 1 heterocycles. The van der Waals surface area contributed by atoms with E-state index in [1.165, 1.54) is 0 Å². The van der Waals surface area contributed by atoms with Crippen LogP contribution in [0.25, 0.3) is 0 Å². The molecule has 0 amide bonds. The van der Waals surface area contributed by atoms with Crippen LogP contribution < -0.4 is 0 Å². The van der Waals surface area contributed by atoms with E-state index in [-0.39, 0.29) is 11.8 Å². The SMILES string of the molecule is O[C@H]1[C@H](O)[C@@H](CCl)O[C@@H]1CCl. The van der Waals surface area contributed by atoms with Gasteiger partial charge in [0.1, 0.15) is 24.4 Å². The largest absolute Gasteiger partial charge is 0.388 e. The Balaban J connectivity index is 2.53. The quantitative estimate of drug-likeness (QED) is 0.616. The average molecular weight is 201 g/mol. The van der Waals surface area contributed by atoms with Crippen molar-refractivity contribution in [3.8, 4) is 0 Å². The monoisotopic (exact) mass is 200 g/mol. The molecule has 11 heavy (non-hydrogen) atoms. The third-order valence-electron chi connectivity index (χ3n) is 1.77. The van der Waals surface area contributed by atoms with Crippen LogP contribution in [-0.2, 0) is 4.74 Å². The average Bonchev–Trinajstić information content (AvgIpc) is 2.30. The lowest BCUT2D eigenvalue weighted by Gasteiger charge is -2.10. The summed E-state index contributed by atoms with van der Waals surface area (Å²) in [5, 5.41) is 18.5. The van der Waals surface area contributed by atoms with Crippen molar-refractivity contribution in [2.45, 2.75) is 24.4 Å². The van der Waals surface area contributed by atoms with Gasteiger partial charge in [0.05, 0.1) is 11.8 Å². The molecule has 1 aliphatic rings. The number of aliphatic hydroxyl groups is 2. The molecule has 3 nitrogen and oxygen atoms in total. The predicted octanol–water partition coefficient (Wildman–Crippen LogP) is -0.0468. The number of aliphatic hydroxyl groups excluding tert-OH is 2. The second kappa shape index (κ2) is 3.92. The molecule has 0 unspecified atom stereocenters. The van der Waals surface area contributed by atoms with Crippen molar-refractivity contribution >= 4 is 23.2 Å². The Hall–Kier alpha value is 0.460. The molecule has 4 atom stereocenters. The van der Waals surface area contributed by atoms with E-state index in [0.29, 0.717) is 0 Å². The third kappa shape index (κ3) is 1.79. The molecule has 0 aromatic rings. The summed E-state index contributed by atoms with van der Waals surface area (Å²) in [4.78, 5) is 0. The summed E-state index contributed by atoms with van der Waals surface area (Å²) in [7, 11) is 0. The zero-order valence-corrected chi connectivity index (χ0v) is 7.29. The molecule has 1 saturated heterocycles. The molecule has 0 saturated carbocycles. The van der Waals surface area contributed by atoms with Crippen molar-refractivity contribution in [2.24, 2.45) is 0 Å². The van der Waals surface area contributed by atoms with Crippen LogP contribution >= 0.6 is 23.2 Å². The highest BCUT2D eigenvalue weighted by atomic mass is 35.5. The molecule has 66 valence electrons. The van der Waals surface area contributed by atoms with Crippen LogP contribution in [0, 0.1) is 0 Å². The summed E-state index contributed by atoms with van der Waals surface area (Å²) >= 11 is 10.9. The Bertz CT molecular complexity index is 115. The third-order valence-corrected chi connectivity index (χ3v) is 2.37. The smallest absolute Gasteiger partial charge is 0.110 e. The first-order chi connectivity index (χ1) is 5.20. The Kier molecular flexibility index (Phi) is 3.40. The fourth-order valence-corrected chi connectivity index (χ4v) is 1.59. The van der Waals surface area contributed by atoms with Crippen molar-refractivity contribution in [2.75, 3.05) is 11.8 Å². The number of halogens is 2. The molecule has 2 N–H and O–H groups in total. The lowest BCUT2D eigenvalue weighted by Crippen LogP contribution is -2.33. The van der Waals surface area contributed by atoms with E-state index < -0.39 is 24.4 Å². The Labute approximate surface area is 74.9 Å². The van der Waals surface area contributed by atoms with Gasteiger partial charge >= 0.3 is 0 Å². The lowest BCUT2D eigenvalue weighted by atomic mass is 10.1. The number of hydrogen-bond donors (Lipinski definition) is 2. The van der Waals surface area contributed by atoms with Gasteiger partial charge in [-0.2, -0.15) is 0 Å². The molecule has 0 spiro atoms. The maximum absolute atomic E-state index is 9.24. The fourth-order valence-electron chi connectivity index (χ4n) is 1.08. The molecule has 1 rings (SSSR count). The first-order valence-electron chi connectivity index (χ1n) is 3.34. The summed E-state index contributed by atoms with van der Waals surface area (Å²) in [6.45, 7) is 0. The highest BCUT2D eigenvalue weighted by Gasteiger charge is 2.41. The van der Waals surface area contributed by atoms with E-state index in [1.807, 2.05) is 0 Å². The van der Waals surface area contributed by atoms with Crippen LogP contribution in [0.4, 0.5) is 0 Å². The Morgan fingerprint density at radius 3 is 1.55 bits per heavy atom. The molecule has 0 bridgehead atoms. The Morgan fingerprint density at radius 2 is 1.36 bits per heavy atom. The van der Waals surface area contributed by atoms with Gasteiger partial charge in [-0.25, -0.2) is 0 Å². The van der Waals surface area contributed by atoms with Gasteiger partial charge in [0.15, 0.2) is 0 Å². The molecule has 1 fully saturated rings. The normalized spacial score (nSPS) is 44.7. The Morgan fingerprint density at radius 1 is 1.00 bits per heavy atom. The number of alkyl halides is 2. The number of rotatable bonds is 2. The molecule has 0 aromatic carbocycles. The van der Waals surface area contributed by atoms with Crippen LogP contribution in [0.15, 0.2) is 0 Å². The van der Waals surface area contributed by atoms with Gasteiger partial charge in [-0.05, 0) is 0 Å². The number of hydrogen-bond acceptors (Lipinski definition) is 3. The van der Waals surface area contributed by atoms with Crippen LogP contribution in [-0.4, -0.2) is 46.4 Å². The molecule has 0 radical (unpaired) electrons. The molecular weight excluding hydrogens is 191 g/mol. The van der Waals surface area contributed by atoms with Crippen molar-refractivity contribution in [1.29, 1.82) is 0 Å². The second-order valence-electron chi connectivity index (χ2n) is 2.50. The van der Waals surface area contributed by atoms with E-state index in [2.05, 4.69) is 0 Å². The second-order valence-corrected chi connectivity index (χ2v) is 3.12.